The van der Waals surface area contributed by atoms with Gasteiger partial charge in [0.15, 0.2) is 6.10 Å². The third kappa shape index (κ3) is 4.28. The number of ether oxygens (including phenoxy) is 1. The Labute approximate surface area is 156 Å². The fourth-order valence-electron chi connectivity index (χ4n) is 2.43. The van der Waals surface area contributed by atoms with Gasteiger partial charge in [-0.1, -0.05) is 30.3 Å². The lowest BCUT2D eigenvalue weighted by Crippen LogP contribution is -2.30. The molecule has 1 atom stereocenters. The highest BCUT2D eigenvalue weighted by Gasteiger charge is 2.34. The Morgan fingerprint density at radius 2 is 1.74 bits per heavy atom. The van der Waals surface area contributed by atoms with E-state index < -0.39 is 29.7 Å². The second-order valence-electron chi connectivity index (χ2n) is 5.73. The van der Waals surface area contributed by atoms with Crippen molar-refractivity contribution >= 4 is 39.0 Å². The van der Waals surface area contributed by atoms with E-state index in [0.29, 0.717) is 4.88 Å². The van der Waals surface area contributed by atoms with Crippen molar-refractivity contribution in [3.63, 3.8) is 0 Å². The Morgan fingerprint density at radius 3 is 2.44 bits per heavy atom. The van der Waals surface area contributed by atoms with Crippen LogP contribution in [0.1, 0.15) is 22.2 Å². The summed E-state index contributed by atoms with van der Waals surface area (Å²) in [5, 5.41) is 3.03. The lowest BCUT2D eigenvalue weighted by molar-refractivity contribution is -0.137. The predicted molar refractivity (Wildman–Crippen MR) is 96.8 cm³/mol. The molecule has 0 aliphatic carbocycles. The Morgan fingerprint density at radius 1 is 1.07 bits per heavy atom. The van der Waals surface area contributed by atoms with Crippen LogP contribution >= 0.6 is 11.3 Å². The number of anilines is 1. The normalized spacial score (nSPS) is 12.6. The quantitative estimate of drug-likeness (QED) is 0.627. The molecule has 1 heterocycles. The van der Waals surface area contributed by atoms with Gasteiger partial charge in [0.1, 0.15) is 4.88 Å². The number of halogens is 3. The topological polar surface area (TPSA) is 55.4 Å². The number of rotatable bonds is 4. The van der Waals surface area contributed by atoms with E-state index in [0.717, 1.165) is 22.2 Å². The largest absolute Gasteiger partial charge is 0.448 e. The number of carbonyl (C=O) groups is 2. The molecule has 1 amide bonds. The Kier molecular flexibility index (Phi) is 5.18. The molecular weight excluding hydrogens is 379 g/mol. The maximum Gasteiger partial charge on any atom is 0.418 e. The SMILES string of the molecule is CC(OC(=O)c1cc2ccccc2s1)C(=O)Nc1ccccc1C(F)(F)F. The first kappa shape index (κ1) is 18.9. The van der Waals surface area contributed by atoms with Crippen molar-refractivity contribution in [3.05, 3.63) is 65.0 Å². The van der Waals surface area contributed by atoms with Crippen LogP contribution in [0.15, 0.2) is 54.6 Å². The molecule has 0 saturated carbocycles. The van der Waals surface area contributed by atoms with Crippen LogP contribution in [0.2, 0.25) is 0 Å². The molecule has 0 saturated heterocycles. The first-order valence-electron chi connectivity index (χ1n) is 7.92. The van der Waals surface area contributed by atoms with Gasteiger partial charge in [-0.25, -0.2) is 4.79 Å². The minimum atomic E-state index is -4.61. The number of hydrogen-bond acceptors (Lipinski definition) is 4. The van der Waals surface area contributed by atoms with Gasteiger partial charge < -0.3 is 10.1 Å². The Bertz CT molecular complexity index is 964. The maximum atomic E-state index is 13.0. The Balaban J connectivity index is 1.70. The average Bonchev–Trinajstić information content (AvgIpc) is 3.05. The molecule has 0 aliphatic rings. The van der Waals surface area contributed by atoms with E-state index in [9.17, 15) is 22.8 Å². The van der Waals surface area contributed by atoms with Gasteiger partial charge in [-0.15, -0.1) is 11.3 Å². The van der Waals surface area contributed by atoms with E-state index in [-0.39, 0.29) is 5.69 Å². The van der Waals surface area contributed by atoms with Crippen LogP contribution in [0.4, 0.5) is 18.9 Å². The van der Waals surface area contributed by atoms with Crippen molar-refractivity contribution in [2.45, 2.75) is 19.2 Å². The molecule has 0 bridgehead atoms. The zero-order valence-corrected chi connectivity index (χ0v) is 14.9. The molecule has 1 aromatic heterocycles. The number of nitrogens with one attached hydrogen (secondary N) is 1. The molecule has 140 valence electrons. The first-order chi connectivity index (χ1) is 12.8. The molecule has 4 nitrogen and oxygen atoms in total. The van der Waals surface area contributed by atoms with Gasteiger partial charge in [0.2, 0.25) is 0 Å². The number of thiophene rings is 1. The highest BCUT2D eigenvalue weighted by atomic mass is 32.1. The number of carbonyl (C=O) groups excluding carboxylic acids is 2. The molecule has 3 rings (SSSR count). The van der Waals surface area contributed by atoms with Crippen molar-refractivity contribution in [2.24, 2.45) is 0 Å². The number of fused-ring (bicyclic) bond motifs is 1. The lowest BCUT2D eigenvalue weighted by Gasteiger charge is -2.16. The number of esters is 1. The van der Waals surface area contributed by atoms with Gasteiger partial charge in [-0.3, -0.25) is 4.79 Å². The zero-order valence-electron chi connectivity index (χ0n) is 14.0. The van der Waals surface area contributed by atoms with Crippen molar-refractivity contribution in [3.8, 4) is 0 Å². The van der Waals surface area contributed by atoms with Crippen LogP contribution in [-0.2, 0) is 15.7 Å². The Hall–Kier alpha value is -2.87. The fraction of sp³-hybridized carbons (Fsp3) is 0.158. The molecule has 3 aromatic rings. The lowest BCUT2D eigenvalue weighted by atomic mass is 10.1. The van der Waals surface area contributed by atoms with Crippen LogP contribution in [0.25, 0.3) is 10.1 Å². The summed E-state index contributed by atoms with van der Waals surface area (Å²) in [6, 6.07) is 13.6. The van der Waals surface area contributed by atoms with Crippen molar-refractivity contribution in [2.75, 3.05) is 5.32 Å². The second kappa shape index (κ2) is 7.40. The van der Waals surface area contributed by atoms with Crippen LogP contribution in [0.3, 0.4) is 0 Å². The molecule has 0 fully saturated rings. The molecular formula is C19H14F3NO3S. The first-order valence-corrected chi connectivity index (χ1v) is 8.74. The van der Waals surface area contributed by atoms with Gasteiger partial charge >= 0.3 is 12.1 Å². The van der Waals surface area contributed by atoms with E-state index in [1.54, 1.807) is 6.07 Å². The molecule has 8 heteroatoms. The average molecular weight is 393 g/mol. The summed E-state index contributed by atoms with van der Waals surface area (Å²) in [5.41, 5.74) is -1.36. The minimum Gasteiger partial charge on any atom is -0.448 e. The number of benzene rings is 2. The van der Waals surface area contributed by atoms with Crippen LogP contribution in [0, 0.1) is 0 Å². The maximum absolute atomic E-state index is 13.0. The van der Waals surface area contributed by atoms with Gasteiger partial charge in [0.25, 0.3) is 5.91 Å². The van der Waals surface area contributed by atoms with E-state index in [1.807, 2.05) is 24.3 Å². The van der Waals surface area contributed by atoms with Gasteiger partial charge in [-0.2, -0.15) is 13.2 Å². The second-order valence-corrected chi connectivity index (χ2v) is 6.81. The van der Waals surface area contributed by atoms with Crippen molar-refractivity contribution in [1.82, 2.24) is 0 Å². The van der Waals surface area contributed by atoms with Crippen molar-refractivity contribution in [1.29, 1.82) is 0 Å². The molecule has 0 spiro atoms. The highest BCUT2D eigenvalue weighted by Crippen LogP contribution is 2.34. The molecule has 2 aromatic carbocycles. The van der Waals surface area contributed by atoms with E-state index in [4.69, 9.17) is 4.74 Å². The number of alkyl halides is 3. The summed E-state index contributed by atoms with van der Waals surface area (Å²) < 4.78 is 45.0. The molecule has 27 heavy (non-hydrogen) atoms. The monoisotopic (exact) mass is 393 g/mol. The molecule has 1 unspecified atom stereocenters. The minimum absolute atomic E-state index is 0.312. The van der Waals surface area contributed by atoms with Crippen LogP contribution in [-0.4, -0.2) is 18.0 Å². The predicted octanol–water partition coefficient (Wildman–Crippen LogP) is 5.10. The van der Waals surface area contributed by atoms with E-state index in [1.165, 1.54) is 30.4 Å². The van der Waals surface area contributed by atoms with Gasteiger partial charge in [-0.05, 0) is 36.6 Å². The number of para-hydroxylation sites is 1. The van der Waals surface area contributed by atoms with E-state index in [2.05, 4.69) is 5.32 Å². The molecule has 0 radical (unpaired) electrons. The van der Waals surface area contributed by atoms with Crippen LogP contribution < -0.4 is 5.32 Å². The van der Waals surface area contributed by atoms with Gasteiger partial charge in [0.05, 0.1) is 11.3 Å². The smallest absolute Gasteiger partial charge is 0.418 e. The van der Waals surface area contributed by atoms with E-state index >= 15 is 0 Å². The molecule has 1 N–H and O–H groups in total. The summed E-state index contributed by atoms with van der Waals surface area (Å²) in [7, 11) is 0. The number of amides is 1. The summed E-state index contributed by atoms with van der Waals surface area (Å²) in [4.78, 5) is 24.7. The number of hydrogen-bond donors (Lipinski definition) is 1. The molecule has 0 aliphatic heterocycles. The summed E-state index contributed by atoms with van der Waals surface area (Å²) >= 11 is 1.21. The fourth-order valence-corrected chi connectivity index (χ4v) is 3.37. The highest BCUT2D eigenvalue weighted by molar-refractivity contribution is 7.20. The summed E-state index contributed by atoms with van der Waals surface area (Å²) in [6.07, 6.45) is -5.87. The van der Waals surface area contributed by atoms with Gasteiger partial charge in [0, 0.05) is 4.70 Å². The zero-order chi connectivity index (χ0) is 19.6. The summed E-state index contributed by atoms with van der Waals surface area (Å²) in [5.74, 6) is -1.55. The third-order valence-corrected chi connectivity index (χ3v) is 4.87. The van der Waals surface area contributed by atoms with Crippen molar-refractivity contribution < 1.29 is 27.5 Å². The summed E-state index contributed by atoms with van der Waals surface area (Å²) in [6.45, 7) is 1.30. The standard InChI is InChI=1S/C19H14F3NO3S/c1-11(17(24)23-14-8-4-3-7-13(14)19(20,21)22)26-18(25)16-10-12-6-2-5-9-15(12)27-16/h2-11H,1H3,(H,23,24). The third-order valence-electron chi connectivity index (χ3n) is 3.77. The van der Waals surface area contributed by atoms with Crippen LogP contribution in [0.5, 0.6) is 0 Å².